The van der Waals surface area contributed by atoms with Crippen LogP contribution in [0.5, 0.6) is 5.75 Å². The Labute approximate surface area is 177 Å². The van der Waals surface area contributed by atoms with E-state index in [1.807, 2.05) is 0 Å². The molecule has 2 heterocycles. The molecule has 0 fully saturated rings. The van der Waals surface area contributed by atoms with Crippen LogP contribution in [0.3, 0.4) is 0 Å². The summed E-state index contributed by atoms with van der Waals surface area (Å²) in [6.07, 6.45) is -2.92. The van der Waals surface area contributed by atoms with E-state index in [-0.39, 0.29) is 16.8 Å². The van der Waals surface area contributed by atoms with Gasteiger partial charge in [0.05, 0.1) is 18.4 Å². The van der Waals surface area contributed by atoms with Crippen LogP contribution in [0.2, 0.25) is 0 Å². The topological polar surface area (TPSA) is 76.7 Å². The normalized spacial score (nSPS) is 12.2. The fourth-order valence-corrected chi connectivity index (χ4v) is 3.35. The molecule has 2 aromatic heterocycles. The quantitative estimate of drug-likeness (QED) is 0.456. The van der Waals surface area contributed by atoms with Crippen molar-refractivity contribution in [2.45, 2.75) is 6.18 Å². The summed E-state index contributed by atoms with van der Waals surface area (Å²) in [5.41, 5.74) is -0.247. The Hall–Kier alpha value is -3.66. The largest absolute Gasteiger partial charge is 0.493 e. The number of halogens is 3. The Balaban J connectivity index is 1.86. The minimum atomic E-state index is -4.46. The molecule has 0 aliphatic rings. The lowest BCUT2D eigenvalue weighted by molar-refractivity contribution is -0.137. The minimum absolute atomic E-state index is 0.0779. The molecule has 1 amide bonds. The molecular weight excluding hydrogens is 431 g/mol. The van der Waals surface area contributed by atoms with E-state index in [1.165, 1.54) is 30.6 Å². The number of amides is 1. The zero-order valence-electron chi connectivity index (χ0n) is 15.9. The third kappa shape index (κ3) is 4.43. The molecule has 158 valence electrons. The number of carbonyl (C=O) groups is 1. The number of benzene rings is 2. The molecule has 31 heavy (non-hydrogen) atoms. The second-order valence-corrected chi connectivity index (χ2v) is 7.19. The summed E-state index contributed by atoms with van der Waals surface area (Å²) in [4.78, 5) is 21.2. The average Bonchev–Trinajstić information content (AvgIpc) is 3.25. The highest BCUT2D eigenvalue weighted by Gasteiger charge is 2.30. The molecule has 6 nitrogen and oxygen atoms in total. The number of para-hydroxylation sites is 1. The van der Waals surface area contributed by atoms with Gasteiger partial charge in [-0.3, -0.25) is 10.1 Å². The number of aromatic nitrogens is 1. The maximum atomic E-state index is 12.9. The monoisotopic (exact) mass is 445 g/mol. The predicted octanol–water partition coefficient (Wildman–Crippen LogP) is 5.40. The van der Waals surface area contributed by atoms with Gasteiger partial charge in [-0.2, -0.15) is 13.2 Å². The van der Waals surface area contributed by atoms with Crippen molar-refractivity contribution in [2.75, 3.05) is 12.4 Å². The Kier molecular flexibility index (Phi) is 5.47. The third-order valence-corrected chi connectivity index (χ3v) is 4.97. The smallest absolute Gasteiger partial charge is 0.416 e. The SMILES string of the molecule is COc1cccc2cc(C(=O)Nc3nccs3)c(=Nc3ccc(C(F)(F)F)cc3)oc12. The van der Waals surface area contributed by atoms with E-state index in [0.29, 0.717) is 21.9 Å². The number of alkyl halides is 3. The van der Waals surface area contributed by atoms with E-state index in [0.717, 1.165) is 12.1 Å². The molecule has 0 saturated heterocycles. The van der Waals surface area contributed by atoms with E-state index in [2.05, 4.69) is 15.3 Å². The number of thiazole rings is 1. The zero-order valence-corrected chi connectivity index (χ0v) is 16.8. The van der Waals surface area contributed by atoms with Crippen molar-refractivity contribution in [3.8, 4) is 5.75 Å². The number of fused-ring (bicyclic) bond motifs is 1. The first-order chi connectivity index (χ1) is 14.8. The first-order valence-electron chi connectivity index (χ1n) is 8.89. The van der Waals surface area contributed by atoms with Gasteiger partial charge < -0.3 is 9.15 Å². The Morgan fingerprint density at radius 3 is 2.61 bits per heavy atom. The van der Waals surface area contributed by atoms with Crippen molar-refractivity contribution in [3.63, 3.8) is 0 Å². The second-order valence-electron chi connectivity index (χ2n) is 6.29. The summed E-state index contributed by atoms with van der Waals surface area (Å²) in [6.45, 7) is 0. The fourth-order valence-electron chi connectivity index (χ4n) is 2.82. The van der Waals surface area contributed by atoms with Crippen molar-refractivity contribution in [3.05, 3.63) is 76.8 Å². The van der Waals surface area contributed by atoms with Gasteiger partial charge in [0.1, 0.15) is 5.56 Å². The lowest BCUT2D eigenvalue weighted by Gasteiger charge is -2.08. The van der Waals surface area contributed by atoms with Crippen LogP contribution in [0.1, 0.15) is 15.9 Å². The third-order valence-electron chi connectivity index (χ3n) is 4.28. The van der Waals surface area contributed by atoms with Gasteiger partial charge in [-0.25, -0.2) is 9.98 Å². The number of hydrogen-bond donors (Lipinski definition) is 1. The lowest BCUT2D eigenvalue weighted by Crippen LogP contribution is -2.21. The van der Waals surface area contributed by atoms with Gasteiger partial charge in [0.2, 0.25) is 5.55 Å². The van der Waals surface area contributed by atoms with Crippen molar-refractivity contribution in [2.24, 2.45) is 4.99 Å². The standard InChI is InChI=1S/C21H14F3N3O3S/c1-29-16-4-2-3-12-11-15(18(28)27-20-25-9-10-31-20)19(30-17(12)16)26-14-7-5-13(6-8-14)21(22,23)24/h2-11H,1H3,(H,25,27,28). The first-order valence-corrected chi connectivity index (χ1v) is 9.77. The molecule has 0 atom stereocenters. The van der Waals surface area contributed by atoms with E-state index >= 15 is 0 Å². The second kappa shape index (κ2) is 8.23. The molecule has 0 saturated carbocycles. The molecule has 0 bridgehead atoms. The maximum Gasteiger partial charge on any atom is 0.416 e. The van der Waals surface area contributed by atoms with E-state index < -0.39 is 17.6 Å². The van der Waals surface area contributed by atoms with Crippen LogP contribution in [-0.2, 0) is 6.18 Å². The Bertz CT molecular complexity index is 1300. The number of carbonyl (C=O) groups excluding carboxylic acids is 1. The van der Waals surface area contributed by atoms with E-state index in [1.54, 1.807) is 35.8 Å². The molecule has 0 unspecified atom stereocenters. The first kappa shape index (κ1) is 20.6. The molecule has 0 aliphatic carbocycles. The van der Waals surface area contributed by atoms with Crippen LogP contribution in [0.4, 0.5) is 24.0 Å². The van der Waals surface area contributed by atoms with Gasteiger partial charge in [-0.05, 0) is 36.4 Å². The predicted molar refractivity (Wildman–Crippen MR) is 110 cm³/mol. The molecule has 1 N–H and O–H groups in total. The molecular formula is C21H14F3N3O3S. The van der Waals surface area contributed by atoms with Crippen LogP contribution >= 0.6 is 11.3 Å². The maximum absolute atomic E-state index is 12.9. The fraction of sp³-hybridized carbons (Fsp3) is 0.0952. The molecule has 0 spiro atoms. The number of nitrogens with one attached hydrogen (secondary N) is 1. The van der Waals surface area contributed by atoms with Gasteiger partial charge in [-0.15, -0.1) is 11.3 Å². The highest BCUT2D eigenvalue weighted by atomic mass is 32.1. The van der Waals surface area contributed by atoms with Crippen molar-refractivity contribution in [1.82, 2.24) is 4.98 Å². The summed E-state index contributed by atoms with van der Waals surface area (Å²) in [5, 5.41) is 5.34. The highest BCUT2D eigenvalue weighted by molar-refractivity contribution is 7.13. The Morgan fingerprint density at radius 2 is 1.97 bits per heavy atom. The summed E-state index contributed by atoms with van der Waals surface area (Å²) < 4.78 is 49.7. The van der Waals surface area contributed by atoms with Gasteiger partial charge >= 0.3 is 6.18 Å². The van der Waals surface area contributed by atoms with E-state index in [4.69, 9.17) is 9.15 Å². The van der Waals surface area contributed by atoms with Crippen LogP contribution in [-0.4, -0.2) is 18.0 Å². The number of rotatable bonds is 4. The van der Waals surface area contributed by atoms with Crippen molar-refractivity contribution >= 4 is 39.0 Å². The van der Waals surface area contributed by atoms with Gasteiger partial charge in [0.15, 0.2) is 16.5 Å². The number of anilines is 1. The summed E-state index contributed by atoms with van der Waals surface area (Å²) in [5.74, 6) is -0.0951. The van der Waals surface area contributed by atoms with Crippen LogP contribution in [0.15, 0.2) is 69.5 Å². The number of nitrogens with zero attached hydrogens (tertiary/aromatic N) is 2. The highest BCUT2D eigenvalue weighted by Crippen LogP contribution is 2.30. The molecule has 4 rings (SSSR count). The van der Waals surface area contributed by atoms with E-state index in [9.17, 15) is 18.0 Å². The summed E-state index contributed by atoms with van der Waals surface area (Å²) >= 11 is 1.24. The van der Waals surface area contributed by atoms with Gasteiger partial charge in [0, 0.05) is 17.0 Å². The molecule has 4 aromatic rings. The zero-order chi connectivity index (χ0) is 22.0. The van der Waals surface area contributed by atoms with Gasteiger partial charge in [-0.1, -0.05) is 12.1 Å². The molecule has 0 aliphatic heterocycles. The van der Waals surface area contributed by atoms with Crippen molar-refractivity contribution in [1.29, 1.82) is 0 Å². The molecule has 10 heteroatoms. The minimum Gasteiger partial charge on any atom is -0.493 e. The van der Waals surface area contributed by atoms with Crippen LogP contribution < -0.4 is 15.6 Å². The molecule has 2 aromatic carbocycles. The number of ether oxygens (including phenoxy) is 1. The summed E-state index contributed by atoms with van der Waals surface area (Å²) in [7, 11) is 1.47. The number of hydrogen-bond acceptors (Lipinski definition) is 6. The summed E-state index contributed by atoms with van der Waals surface area (Å²) in [6, 6.07) is 11.0. The van der Waals surface area contributed by atoms with Crippen LogP contribution in [0, 0.1) is 0 Å². The van der Waals surface area contributed by atoms with Crippen molar-refractivity contribution < 1.29 is 27.1 Å². The lowest BCUT2D eigenvalue weighted by atomic mass is 10.1. The average molecular weight is 445 g/mol. The molecule has 0 radical (unpaired) electrons. The van der Waals surface area contributed by atoms with Gasteiger partial charge in [0.25, 0.3) is 5.91 Å². The van der Waals surface area contributed by atoms with Crippen LogP contribution in [0.25, 0.3) is 11.0 Å². The number of methoxy groups -OCH3 is 1. The Morgan fingerprint density at radius 1 is 1.19 bits per heavy atom.